The van der Waals surface area contributed by atoms with Crippen LogP contribution in [0.3, 0.4) is 0 Å². The third-order valence-corrected chi connectivity index (χ3v) is 4.99. The van der Waals surface area contributed by atoms with E-state index in [1.165, 1.54) is 42.8 Å². The normalized spacial score (nSPS) is 23.5. The molecule has 1 heterocycles. The van der Waals surface area contributed by atoms with Crippen LogP contribution in [0.25, 0.3) is 0 Å². The summed E-state index contributed by atoms with van der Waals surface area (Å²) >= 11 is 1.86. The number of aromatic nitrogens is 1. The standard InChI is InChI=1S/C14H22N2S/c1-13(2,3)11-9-17-12(15-11)14(7-4-8-14)16-10-5-6-10/h9-10,16H,4-8H2,1-3H3. The molecule has 0 aliphatic heterocycles. The van der Waals surface area contributed by atoms with Gasteiger partial charge in [0.2, 0.25) is 0 Å². The molecule has 0 spiro atoms. The van der Waals surface area contributed by atoms with Crippen LogP contribution in [0.5, 0.6) is 0 Å². The average Bonchev–Trinajstić information content (AvgIpc) is 2.84. The molecule has 2 fully saturated rings. The topological polar surface area (TPSA) is 24.9 Å². The summed E-state index contributed by atoms with van der Waals surface area (Å²) in [4.78, 5) is 4.91. The number of hydrogen-bond donors (Lipinski definition) is 1. The highest BCUT2D eigenvalue weighted by atomic mass is 32.1. The van der Waals surface area contributed by atoms with Gasteiger partial charge in [-0.15, -0.1) is 11.3 Å². The highest BCUT2D eigenvalue weighted by Crippen LogP contribution is 2.45. The van der Waals surface area contributed by atoms with Gasteiger partial charge in [-0.25, -0.2) is 4.98 Å². The summed E-state index contributed by atoms with van der Waals surface area (Å²) in [5.41, 5.74) is 1.68. The fourth-order valence-corrected chi connectivity index (χ4v) is 3.68. The van der Waals surface area contributed by atoms with E-state index < -0.39 is 0 Å². The van der Waals surface area contributed by atoms with E-state index in [2.05, 4.69) is 31.5 Å². The number of nitrogens with zero attached hydrogens (tertiary/aromatic N) is 1. The number of nitrogens with one attached hydrogen (secondary N) is 1. The number of thiazole rings is 1. The Bertz CT molecular complexity index is 408. The number of hydrogen-bond acceptors (Lipinski definition) is 3. The Morgan fingerprint density at radius 2 is 2.06 bits per heavy atom. The minimum Gasteiger partial charge on any atom is -0.303 e. The van der Waals surface area contributed by atoms with Crippen molar-refractivity contribution < 1.29 is 0 Å². The molecule has 2 saturated carbocycles. The van der Waals surface area contributed by atoms with Gasteiger partial charge in [0.15, 0.2) is 0 Å². The van der Waals surface area contributed by atoms with Gasteiger partial charge in [-0.3, -0.25) is 0 Å². The Balaban J connectivity index is 1.84. The van der Waals surface area contributed by atoms with Crippen LogP contribution in [0.1, 0.15) is 63.6 Å². The van der Waals surface area contributed by atoms with E-state index in [9.17, 15) is 0 Å². The molecule has 3 rings (SSSR count). The molecule has 0 radical (unpaired) electrons. The second-order valence-electron chi connectivity index (χ2n) is 6.64. The van der Waals surface area contributed by atoms with Crippen LogP contribution >= 0.6 is 11.3 Å². The summed E-state index contributed by atoms with van der Waals surface area (Å²) in [5, 5.41) is 7.42. The van der Waals surface area contributed by atoms with Gasteiger partial charge in [-0.05, 0) is 32.1 Å². The van der Waals surface area contributed by atoms with Gasteiger partial charge in [0.1, 0.15) is 5.01 Å². The molecule has 1 aromatic rings. The molecular weight excluding hydrogens is 228 g/mol. The van der Waals surface area contributed by atoms with E-state index in [4.69, 9.17) is 4.98 Å². The molecule has 0 bridgehead atoms. The van der Waals surface area contributed by atoms with Crippen LogP contribution < -0.4 is 5.32 Å². The second kappa shape index (κ2) is 3.79. The summed E-state index contributed by atoms with van der Waals surface area (Å²) in [6.45, 7) is 6.73. The van der Waals surface area contributed by atoms with Crippen LogP contribution in [-0.4, -0.2) is 11.0 Å². The summed E-state index contributed by atoms with van der Waals surface area (Å²) in [7, 11) is 0. The maximum atomic E-state index is 4.91. The molecule has 0 saturated heterocycles. The van der Waals surface area contributed by atoms with Crippen molar-refractivity contribution in [3.05, 3.63) is 16.1 Å². The first kappa shape index (κ1) is 11.7. The van der Waals surface area contributed by atoms with Crippen LogP contribution in [0.4, 0.5) is 0 Å². The van der Waals surface area contributed by atoms with Crippen molar-refractivity contribution in [1.29, 1.82) is 0 Å². The van der Waals surface area contributed by atoms with Crippen molar-refractivity contribution in [2.45, 2.75) is 69.9 Å². The first-order valence-electron chi connectivity index (χ1n) is 6.74. The van der Waals surface area contributed by atoms with Crippen molar-refractivity contribution in [2.24, 2.45) is 0 Å². The predicted octanol–water partition coefficient (Wildman–Crippen LogP) is 3.57. The number of rotatable bonds is 3. The van der Waals surface area contributed by atoms with Gasteiger partial charge >= 0.3 is 0 Å². The van der Waals surface area contributed by atoms with Gasteiger partial charge in [0.05, 0.1) is 11.2 Å². The van der Waals surface area contributed by atoms with Gasteiger partial charge in [-0.2, -0.15) is 0 Å². The van der Waals surface area contributed by atoms with E-state index in [1.807, 2.05) is 11.3 Å². The lowest BCUT2D eigenvalue weighted by Crippen LogP contribution is -2.49. The highest BCUT2D eigenvalue weighted by Gasteiger charge is 2.44. The van der Waals surface area contributed by atoms with Crippen LogP contribution in [0.15, 0.2) is 5.38 Å². The molecule has 2 aliphatic carbocycles. The zero-order valence-corrected chi connectivity index (χ0v) is 11.9. The van der Waals surface area contributed by atoms with Crippen molar-refractivity contribution in [1.82, 2.24) is 10.3 Å². The third kappa shape index (κ3) is 2.15. The van der Waals surface area contributed by atoms with Crippen molar-refractivity contribution in [3.63, 3.8) is 0 Å². The van der Waals surface area contributed by atoms with E-state index in [0.717, 1.165) is 6.04 Å². The molecule has 3 heteroatoms. The fraction of sp³-hybridized carbons (Fsp3) is 0.786. The second-order valence-corrected chi connectivity index (χ2v) is 7.50. The van der Waals surface area contributed by atoms with Crippen molar-refractivity contribution in [3.8, 4) is 0 Å². The SMILES string of the molecule is CC(C)(C)c1csc(C2(NC3CC3)CCC2)n1. The van der Waals surface area contributed by atoms with E-state index >= 15 is 0 Å². The molecular formula is C14H22N2S. The monoisotopic (exact) mass is 250 g/mol. The van der Waals surface area contributed by atoms with Crippen LogP contribution in [-0.2, 0) is 11.0 Å². The van der Waals surface area contributed by atoms with E-state index in [1.54, 1.807) is 0 Å². The van der Waals surface area contributed by atoms with Crippen molar-refractivity contribution in [2.75, 3.05) is 0 Å². The largest absolute Gasteiger partial charge is 0.303 e. The van der Waals surface area contributed by atoms with Gasteiger partial charge in [0.25, 0.3) is 0 Å². The first-order valence-corrected chi connectivity index (χ1v) is 7.62. The lowest BCUT2D eigenvalue weighted by molar-refractivity contribution is 0.182. The Kier molecular flexibility index (Phi) is 2.60. The van der Waals surface area contributed by atoms with E-state index in [0.29, 0.717) is 0 Å². The Hall–Kier alpha value is -0.410. The Labute approximate surface area is 108 Å². The smallest absolute Gasteiger partial charge is 0.113 e. The zero-order chi connectivity index (χ0) is 12.1. The van der Waals surface area contributed by atoms with Gasteiger partial charge in [0, 0.05) is 16.8 Å². The van der Waals surface area contributed by atoms with E-state index in [-0.39, 0.29) is 11.0 Å². The Morgan fingerprint density at radius 1 is 1.35 bits per heavy atom. The molecule has 1 aromatic heterocycles. The molecule has 2 nitrogen and oxygen atoms in total. The lowest BCUT2D eigenvalue weighted by Gasteiger charge is -2.41. The van der Waals surface area contributed by atoms with Gasteiger partial charge in [-0.1, -0.05) is 20.8 Å². The minimum atomic E-state index is 0.180. The maximum Gasteiger partial charge on any atom is 0.113 e. The Morgan fingerprint density at radius 3 is 2.47 bits per heavy atom. The van der Waals surface area contributed by atoms with Crippen LogP contribution in [0.2, 0.25) is 0 Å². The molecule has 17 heavy (non-hydrogen) atoms. The minimum absolute atomic E-state index is 0.180. The summed E-state index contributed by atoms with van der Waals surface area (Å²) in [5.74, 6) is 0. The third-order valence-electron chi connectivity index (χ3n) is 3.95. The molecule has 0 atom stereocenters. The summed E-state index contributed by atoms with van der Waals surface area (Å²) in [6.07, 6.45) is 6.63. The van der Waals surface area contributed by atoms with Crippen LogP contribution in [0, 0.1) is 0 Å². The summed E-state index contributed by atoms with van der Waals surface area (Å²) in [6, 6.07) is 0.775. The fourth-order valence-electron chi connectivity index (χ4n) is 2.41. The van der Waals surface area contributed by atoms with Crippen molar-refractivity contribution >= 4 is 11.3 Å². The first-order chi connectivity index (χ1) is 8.00. The molecule has 1 N–H and O–H groups in total. The quantitative estimate of drug-likeness (QED) is 0.887. The molecule has 0 unspecified atom stereocenters. The molecule has 0 aromatic carbocycles. The lowest BCUT2D eigenvalue weighted by atomic mass is 9.77. The molecule has 0 amide bonds. The summed E-state index contributed by atoms with van der Waals surface area (Å²) < 4.78 is 0. The van der Waals surface area contributed by atoms with Gasteiger partial charge < -0.3 is 5.32 Å². The maximum absolute atomic E-state index is 4.91. The molecule has 94 valence electrons. The zero-order valence-electron chi connectivity index (χ0n) is 11.0. The average molecular weight is 250 g/mol. The predicted molar refractivity (Wildman–Crippen MR) is 72.5 cm³/mol. The molecule has 2 aliphatic rings. The highest BCUT2D eigenvalue weighted by molar-refractivity contribution is 7.09.